The molecule has 5 rings (SSSR count). The number of carbonyl (C=O) groups is 2. The summed E-state index contributed by atoms with van der Waals surface area (Å²) in [7, 11) is 1.38. The number of carbonyl (C=O) groups excluding carboxylic acids is 2. The van der Waals surface area contributed by atoms with Gasteiger partial charge in [0.15, 0.2) is 0 Å². The zero-order valence-corrected chi connectivity index (χ0v) is 21.7. The number of piperidine rings is 1. The van der Waals surface area contributed by atoms with Crippen molar-refractivity contribution in [2.75, 3.05) is 25.1 Å². The summed E-state index contributed by atoms with van der Waals surface area (Å²) in [5.41, 5.74) is 2.86. The Kier molecular flexibility index (Phi) is 7.31. The summed E-state index contributed by atoms with van der Waals surface area (Å²) in [4.78, 5) is 31.6. The van der Waals surface area contributed by atoms with Crippen LogP contribution in [-0.2, 0) is 4.74 Å². The number of fused-ring (bicyclic) bond motifs is 1. The van der Waals surface area contributed by atoms with Crippen LogP contribution in [0.4, 0.5) is 5.82 Å². The lowest BCUT2D eigenvalue weighted by Crippen LogP contribution is -2.45. The van der Waals surface area contributed by atoms with Crippen LogP contribution in [0, 0.1) is 0 Å². The lowest BCUT2D eigenvalue weighted by Gasteiger charge is -2.33. The highest BCUT2D eigenvalue weighted by Crippen LogP contribution is 2.31. The number of esters is 1. The maximum Gasteiger partial charge on any atom is 0.337 e. The average molecular weight is 534 g/mol. The van der Waals surface area contributed by atoms with Crippen LogP contribution >= 0.6 is 23.2 Å². The van der Waals surface area contributed by atoms with Gasteiger partial charge in [-0.3, -0.25) is 4.79 Å². The Morgan fingerprint density at radius 3 is 2.51 bits per heavy atom. The fourth-order valence-electron chi connectivity index (χ4n) is 4.72. The van der Waals surface area contributed by atoms with Crippen LogP contribution in [-0.4, -0.2) is 43.1 Å². The largest absolute Gasteiger partial charge is 0.465 e. The van der Waals surface area contributed by atoms with Crippen LogP contribution in [0.1, 0.15) is 33.6 Å². The minimum atomic E-state index is -0.357. The monoisotopic (exact) mass is 533 g/mol. The summed E-state index contributed by atoms with van der Waals surface area (Å²) in [6.45, 7) is 1.53. The third kappa shape index (κ3) is 5.26. The summed E-state index contributed by atoms with van der Waals surface area (Å²) in [5.74, 6) is 0.359. The molecule has 0 bridgehead atoms. The standard InChI is InChI=1S/C29H25Cl2N3O3/c1-37-29(36)21-5-2-4-18(17-21)19-8-9-23-20(16-19)10-13-32-27(23)34-14-11-22(12-15-34)33-28(35)24-6-3-7-25(30)26(24)31/h2-10,13,16-17,22H,11-12,14-15H2,1H3,(H,33,35). The van der Waals surface area contributed by atoms with Crippen molar-refractivity contribution in [3.05, 3.63) is 94.1 Å². The first-order valence-electron chi connectivity index (χ1n) is 12.0. The minimum absolute atomic E-state index is 0.0439. The summed E-state index contributed by atoms with van der Waals surface area (Å²) in [6.07, 6.45) is 3.40. The predicted molar refractivity (Wildman–Crippen MR) is 148 cm³/mol. The fourth-order valence-corrected chi connectivity index (χ4v) is 5.10. The number of methoxy groups -OCH3 is 1. The molecule has 1 amide bonds. The van der Waals surface area contributed by atoms with Crippen LogP contribution in [0.5, 0.6) is 0 Å². The van der Waals surface area contributed by atoms with Crippen LogP contribution in [0.3, 0.4) is 0 Å². The molecular formula is C29H25Cl2N3O3. The molecule has 1 aliphatic heterocycles. The minimum Gasteiger partial charge on any atom is -0.465 e. The first-order valence-corrected chi connectivity index (χ1v) is 12.8. The predicted octanol–water partition coefficient (Wildman–Crippen LogP) is 6.39. The number of aromatic nitrogens is 1. The Hall–Kier alpha value is -3.61. The lowest BCUT2D eigenvalue weighted by molar-refractivity contribution is 0.0600. The summed E-state index contributed by atoms with van der Waals surface area (Å²) in [6, 6.07) is 20.8. The summed E-state index contributed by atoms with van der Waals surface area (Å²) >= 11 is 12.3. The van der Waals surface area contributed by atoms with Gasteiger partial charge in [0.25, 0.3) is 5.91 Å². The molecule has 1 N–H and O–H groups in total. The molecule has 0 radical (unpaired) electrons. The van der Waals surface area contributed by atoms with Crippen molar-refractivity contribution in [1.82, 2.24) is 10.3 Å². The number of hydrogen-bond acceptors (Lipinski definition) is 5. The van der Waals surface area contributed by atoms with Gasteiger partial charge in [0.2, 0.25) is 0 Å². The smallest absolute Gasteiger partial charge is 0.337 e. The average Bonchev–Trinajstić information content (AvgIpc) is 2.94. The zero-order valence-electron chi connectivity index (χ0n) is 20.2. The van der Waals surface area contributed by atoms with E-state index in [9.17, 15) is 9.59 Å². The van der Waals surface area contributed by atoms with Crippen molar-refractivity contribution < 1.29 is 14.3 Å². The second-order valence-electron chi connectivity index (χ2n) is 8.98. The Morgan fingerprint density at radius 2 is 1.73 bits per heavy atom. The molecule has 2 heterocycles. The molecule has 1 aromatic heterocycles. The molecule has 4 aromatic rings. The van der Waals surface area contributed by atoms with Gasteiger partial charge in [-0.05, 0) is 65.8 Å². The number of halogens is 2. The SMILES string of the molecule is COC(=O)c1cccc(-c2ccc3c(N4CCC(NC(=O)c5cccc(Cl)c5Cl)CC4)nccc3c2)c1. The third-order valence-corrected chi connectivity index (χ3v) is 7.51. The molecule has 188 valence electrons. The third-order valence-electron chi connectivity index (χ3n) is 6.69. The molecule has 0 aliphatic carbocycles. The molecule has 37 heavy (non-hydrogen) atoms. The van der Waals surface area contributed by atoms with Gasteiger partial charge in [-0.15, -0.1) is 0 Å². The van der Waals surface area contributed by atoms with Crippen molar-refractivity contribution in [2.24, 2.45) is 0 Å². The highest BCUT2D eigenvalue weighted by atomic mass is 35.5. The quantitative estimate of drug-likeness (QED) is 0.301. The first kappa shape index (κ1) is 25.1. The second kappa shape index (κ2) is 10.8. The molecule has 0 saturated carbocycles. The van der Waals surface area contributed by atoms with E-state index in [0.717, 1.165) is 53.6 Å². The van der Waals surface area contributed by atoms with Gasteiger partial charge < -0.3 is 15.0 Å². The van der Waals surface area contributed by atoms with Crippen LogP contribution in [0.15, 0.2) is 72.9 Å². The van der Waals surface area contributed by atoms with E-state index in [4.69, 9.17) is 27.9 Å². The number of pyridine rings is 1. The molecule has 8 heteroatoms. The number of benzene rings is 3. The van der Waals surface area contributed by atoms with Crippen LogP contribution in [0.25, 0.3) is 21.9 Å². The highest BCUT2D eigenvalue weighted by molar-refractivity contribution is 6.43. The summed E-state index contributed by atoms with van der Waals surface area (Å²) in [5, 5.41) is 5.86. The van der Waals surface area contributed by atoms with Gasteiger partial charge in [-0.2, -0.15) is 0 Å². The van der Waals surface area contributed by atoms with E-state index >= 15 is 0 Å². The molecule has 3 aromatic carbocycles. The van der Waals surface area contributed by atoms with Crippen molar-refractivity contribution in [1.29, 1.82) is 0 Å². The van der Waals surface area contributed by atoms with E-state index in [1.54, 1.807) is 24.3 Å². The number of nitrogens with zero attached hydrogens (tertiary/aromatic N) is 2. The van der Waals surface area contributed by atoms with E-state index in [1.165, 1.54) is 7.11 Å². The van der Waals surface area contributed by atoms with E-state index in [2.05, 4.69) is 27.3 Å². The molecule has 0 unspecified atom stereocenters. The van der Waals surface area contributed by atoms with Crippen LogP contribution in [0.2, 0.25) is 10.0 Å². The number of rotatable bonds is 5. The highest BCUT2D eigenvalue weighted by Gasteiger charge is 2.24. The van der Waals surface area contributed by atoms with E-state index in [1.807, 2.05) is 36.5 Å². The topological polar surface area (TPSA) is 71.5 Å². The molecule has 1 aliphatic rings. The molecule has 0 atom stereocenters. The van der Waals surface area contributed by atoms with Gasteiger partial charge in [0.1, 0.15) is 5.82 Å². The van der Waals surface area contributed by atoms with Gasteiger partial charge in [-0.25, -0.2) is 9.78 Å². The zero-order chi connectivity index (χ0) is 25.9. The Labute approximate surface area is 225 Å². The maximum atomic E-state index is 12.7. The van der Waals surface area contributed by atoms with E-state index < -0.39 is 0 Å². The Balaban J connectivity index is 1.30. The van der Waals surface area contributed by atoms with Gasteiger partial charge in [-0.1, -0.05) is 53.5 Å². The number of hydrogen-bond donors (Lipinski definition) is 1. The molecule has 1 saturated heterocycles. The Bertz CT molecular complexity index is 1480. The number of ether oxygens (including phenoxy) is 1. The molecular weight excluding hydrogens is 509 g/mol. The van der Waals surface area contributed by atoms with E-state index in [-0.39, 0.29) is 22.9 Å². The van der Waals surface area contributed by atoms with Crippen molar-refractivity contribution in [2.45, 2.75) is 18.9 Å². The normalized spacial score (nSPS) is 14.0. The Morgan fingerprint density at radius 1 is 0.973 bits per heavy atom. The number of amides is 1. The lowest BCUT2D eigenvalue weighted by atomic mass is 9.99. The second-order valence-corrected chi connectivity index (χ2v) is 9.76. The van der Waals surface area contributed by atoms with Crippen molar-refractivity contribution in [3.63, 3.8) is 0 Å². The maximum absolute atomic E-state index is 12.7. The van der Waals surface area contributed by atoms with Gasteiger partial charge in [0, 0.05) is 30.7 Å². The fraction of sp³-hybridized carbons (Fsp3) is 0.207. The molecule has 0 spiro atoms. The van der Waals surface area contributed by atoms with E-state index in [0.29, 0.717) is 16.1 Å². The van der Waals surface area contributed by atoms with Crippen molar-refractivity contribution >= 4 is 51.7 Å². The molecule has 6 nitrogen and oxygen atoms in total. The van der Waals surface area contributed by atoms with Crippen molar-refractivity contribution in [3.8, 4) is 11.1 Å². The van der Waals surface area contributed by atoms with Gasteiger partial charge >= 0.3 is 5.97 Å². The van der Waals surface area contributed by atoms with Gasteiger partial charge in [0.05, 0.1) is 28.3 Å². The summed E-state index contributed by atoms with van der Waals surface area (Å²) < 4.78 is 4.85. The molecule has 1 fully saturated rings. The first-order chi connectivity index (χ1) is 17.9. The van der Waals surface area contributed by atoms with Crippen LogP contribution < -0.4 is 10.2 Å². The number of anilines is 1. The number of nitrogens with one attached hydrogen (secondary N) is 1.